The van der Waals surface area contributed by atoms with E-state index in [1.165, 1.54) is 19.8 Å². The maximum atomic E-state index is 13.4. The molecule has 1 heterocycles. The first-order valence-electron chi connectivity index (χ1n) is 11.8. The molecular weight excluding hydrogens is 404 g/mol. The minimum absolute atomic E-state index is 0.0179. The zero-order chi connectivity index (χ0) is 23.3. The van der Waals surface area contributed by atoms with Gasteiger partial charge in [-0.15, -0.1) is 0 Å². The Hall–Kier alpha value is -2.41. The summed E-state index contributed by atoms with van der Waals surface area (Å²) in [6, 6.07) is 7.05. The molecular formula is C25H38N4O3. The van der Waals surface area contributed by atoms with Gasteiger partial charge in [0.2, 0.25) is 17.7 Å². The van der Waals surface area contributed by atoms with Crippen molar-refractivity contribution >= 4 is 29.1 Å². The number of benzene rings is 1. The second-order valence-electron chi connectivity index (χ2n) is 10.4. The molecule has 1 aliphatic carbocycles. The summed E-state index contributed by atoms with van der Waals surface area (Å²) in [6.45, 7) is 10.5. The molecule has 1 saturated carbocycles. The van der Waals surface area contributed by atoms with Crippen LogP contribution in [0.5, 0.6) is 0 Å². The number of amides is 3. The van der Waals surface area contributed by atoms with Crippen molar-refractivity contribution in [3.63, 3.8) is 0 Å². The molecule has 2 N–H and O–H groups in total. The summed E-state index contributed by atoms with van der Waals surface area (Å²) in [6.07, 6.45) is 5.03. The van der Waals surface area contributed by atoms with Crippen LogP contribution in [0.3, 0.4) is 0 Å². The summed E-state index contributed by atoms with van der Waals surface area (Å²) < 4.78 is 0. The summed E-state index contributed by atoms with van der Waals surface area (Å²) >= 11 is 0. The number of nitrogens with zero attached hydrogens (tertiary/aromatic N) is 2. The van der Waals surface area contributed by atoms with Crippen molar-refractivity contribution < 1.29 is 14.4 Å². The van der Waals surface area contributed by atoms with E-state index < -0.39 is 0 Å². The zero-order valence-corrected chi connectivity index (χ0v) is 19.9. The van der Waals surface area contributed by atoms with Crippen LogP contribution in [0.1, 0.15) is 59.8 Å². The van der Waals surface area contributed by atoms with Crippen LogP contribution in [-0.2, 0) is 14.4 Å². The van der Waals surface area contributed by atoms with Crippen LogP contribution in [0.4, 0.5) is 11.4 Å². The number of piperazine rings is 1. The van der Waals surface area contributed by atoms with E-state index >= 15 is 0 Å². The predicted octanol–water partition coefficient (Wildman–Crippen LogP) is 3.72. The highest BCUT2D eigenvalue weighted by molar-refractivity contribution is 5.95. The molecule has 1 saturated heterocycles. The SMILES string of the molecule is CC(=O)Nc1ccc(NC(=O)[C@@H](C2CCCC2)N2CCN(C(=O)CC(C)(C)C)CC2)cc1. The van der Waals surface area contributed by atoms with Crippen LogP contribution < -0.4 is 10.6 Å². The fraction of sp³-hybridized carbons (Fsp3) is 0.640. The lowest BCUT2D eigenvalue weighted by Gasteiger charge is -2.41. The van der Waals surface area contributed by atoms with Gasteiger partial charge in [0.15, 0.2) is 0 Å². The second-order valence-corrected chi connectivity index (χ2v) is 10.4. The van der Waals surface area contributed by atoms with E-state index in [0.29, 0.717) is 31.1 Å². The Morgan fingerprint density at radius 3 is 1.97 bits per heavy atom. The lowest BCUT2D eigenvalue weighted by molar-refractivity contribution is -0.136. The van der Waals surface area contributed by atoms with Crippen LogP contribution >= 0.6 is 0 Å². The van der Waals surface area contributed by atoms with Crippen molar-refractivity contribution in [1.82, 2.24) is 9.80 Å². The normalized spacial score (nSPS) is 18.9. The predicted molar refractivity (Wildman–Crippen MR) is 127 cm³/mol. The van der Waals surface area contributed by atoms with E-state index in [4.69, 9.17) is 0 Å². The van der Waals surface area contributed by atoms with Gasteiger partial charge in [-0.1, -0.05) is 33.6 Å². The fourth-order valence-electron chi connectivity index (χ4n) is 4.82. The van der Waals surface area contributed by atoms with Gasteiger partial charge >= 0.3 is 0 Å². The highest BCUT2D eigenvalue weighted by Crippen LogP contribution is 2.32. The number of nitrogens with one attached hydrogen (secondary N) is 2. The molecule has 0 aromatic heterocycles. The first kappa shape index (κ1) is 24.2. The maximum absolute atomic E-state index is 13.4. The van der Waals surface area contributed by atoms with Crippen molar-refractivity contribution in [2.75, 3.05) is 36.8 Å². The Balaban J connectivity index is 1.63. The highest BCUT2D eigenvalue weighted by Gasteiger charge is 2.37. The average molecular weight is 443 g/mol. The van der Waals surface area contributed by atoms with Crippen LogP contribution in [0.2, 0.25) is 0 Å². The Bertz CT molecular complexity index is 801. The molecule has 7 heteroatoms. The number of hydrogen-bond acceptors (Lipinski definition) is 4. The summed E-state index contributed by atoms with van der Waals surface area (Å²) in [5, 5.41) is 5.83. The van der Waals surface area contributed by atoms with Gasteiger partial charge in [-0.2, -0.15) is 0 Å². The molecule has 0 unspecified atom stereocenters. The minimum Gasteiger partial charge on any atom is -0.340 e. The van der Waals surface area contributed by atoms with Crippen LogP contribution in [-0.4, -0.2) is 59.7 Å². The first-order valence-corrected chi connectivity index (χ1v) is 11.8. The molecule has 0 radical (unpaired) electrons. The van der Waals surface area contributed by atoms with Gasteiger partial charge in [-0.25, -0.2) is 0 Å². The molecule has 176 valence electrons. The van der Waals surface area contributed by atoms with Crippen molar-refractivity contribution in [2.45, 2.75) is 65.8 Å². The van der Waals surface area contributed by atoms with Gasteiger partial charge in [0.25, 0.3) is 0 Å². The molecule has 2 fully saturated rings. The molecule has 32 heavy (non-hydrogen) atoms. The molecule has 3 amide bonds. The topological polar surface area (TPSA) is 81.8 Å². The standard InChI is InChI=1S/C25H38N4O3/c1-18(30)26-20-9-11-21(12-10-20)27-24(32)23(19-7-5-6-8-19)29-15-13-28(14-16-29)22(31)17-25(2,3)4/h9-12,19,23H,5-8,13-17H2,1-4H3,(H,26,30)(H,27,32)/t23-/m1/s1. The molecule has 1 aliphatic heterocycles. The van der Waals surface area contributed by atoms with Crippen LogP contribution in [0, 0.1) is 11.3 Å². The summed E-state index contributed by atoms with van der Waals surface area (Å²) in [4.78, 5) is 41.4. The maximum Gasteiger partial charge on any atom is 0.242 e. The fourth-order valence-corrected chi connectivity index (χ4v) is 4.82. The molecule has 1 aromatic rings. The van der Waals surface area contributed by atoms with Crippen molar-refractivity contribution in [1.29, 1.82) is 0 Å². The van der Waals surface area contributed by atoms with Gasteiger partial charge in [-0.05, 0) is 48.4 Å². The largest absolute Gasteiger partial charge is 0.340 e. The third-order valence-corrected chi connectivity index (χ3v) is 6.33. The molecule has 1 aromatic carbocycles. The summed E-state index contributed by atoms with van der Waals surface area (Å²) in [5.41, 5.74) is 1.42. The minimum atomic E-state index is -0.174. The molecule has 0 bridgehead atoms. The smallest absolute Gasteiger partial charge is 0.242 e. The van der Waals surface area contributed by atoms with Gasteiger partial charge in [-0.3, -0.25) is 19.3 Å². The third kappa shape index (κ3) is 6.79. The monoisotopic (exact) mass is 442 g/mol. The van der Waals surface area contributed by atoms with Gasteiger partial charge < -0.3 is 15.5 Å². The molecule has 3 rings (SSSR count). The molecule has 7 nitrogen and oxygen atoms in total. The van der Waals surface area contributed by atoms with Crippen molar-refractivity contribution in [3.8, 4) is 0 Å². The van der Waals surface area contributed by atoms with E-state index in [1.807, 2.05) is 17.0 Å². The van der Waals surface area contributed by atoms with Crippen LogP contribution in [0.15, 0.2) is 24.3 Å². The molecule has 1 atom stereocenters. The van der Waals surface area contributed by atoms with E-state index in [1.54, 1.807) is 12.1 Å². The van der Waals surface area contributed by atoms with Gasteiger partial charge in [0, 0.05) is 50.9 Å². The number of carbonyl (C=O) groups is 3. The van der Waals surface area contributed by atoms with Gasteiger partial charge in [0.05, 0.1) is 6.04 Å². The average Bonchev–Trinajstić information content (AvgIpc) is 3.23. The zero-order valence-electron chi connectivity index (χ0n) is 19.9. The number of hydrogen-bond donors (Lipinski definition) is 2. The summed E-state index contributed by atoms with van der Waals surface area (Å²) in [7, 11) is 0. The van der Waals surface area contributed by atoms with E-state index in [-0.39, 0.29) is 29.2 Å². The quantitative estimate of drug-likeness (QED) is 0.703. The lowest BCUT2D eigenvalue weighted by Crippen LogP contribution is -2.57. The van der Waals surface area contributed by atoms with Crippen LogP contribution in [0.25, 0.3) is 0 Å². The van der Waals surface area contributed by atoms with E-state index in [9.17, 15) is 14.4 Å². The third-order valence-electron chi connectivity index (χ3n) is 6.33. The van der Waals surface area contributed by atoms with E-state index in [0.717, 1.165) is 31.6 Å². The molecule has 2 aliphatic rings. The summed E-state index contributed by atoms with van der Waals surface area (Å²) in [5.74, 6) is 0.464. The highest BCUT2D eigenvalue weighted by atomic mass is 16.2. The Morgan fingerprint density at radius 1 is 0.938 bits per heavy atom. The Labute approximate surface area is 191 Å². The second kappa shape index (κ2) is 10.5. The van der Waals surface area contributed by atoms with Gasteiger partial charge in [0.1, 0.15) is 0 Å². The van der Waals surface area contributed by atoms with Crippen molar-refractivity contribution in [3.05, 3.63) is 24.3 Å². The first-order chi connectivity index (χ1) is 15.1. The van der Waals surface area contributed by atoms with Crippen molar-refractivity contribution in [2.24, 2.45) is 11.3 Å². The number of carbonyl (C=O) groups excluding carboxylic acids is 3. The number of anilines is 2. The van der Waals surface area contributed by atoms with E-state index in [2.05, 4.69) is 36.3 Å². The molecule has 0 spiro atoms. The Kier molecular flexibility index (Phi) is 7.93. The lowest BCUT2D eigenvalue weighted by atomic mass is 9.91. The number of rotatable bonds is 6. The Morgan fingerprint density at radius 2 is 1.47 bits per heavy atom.